The van der Waals surface area contributed by atoms with Crippen molar-refractivity contribution >= 4 is 29.0 Å². The third-order valence-corrected chi connectivity index (χ3v) is 4.80. The Labute approximate surface area is 132 Å². The van der Waals surface area contributed by atoms with E-state index in [-0.39, 0.29) is 16.8 Å². The maximum atomic E-state index is 12.5. The molecule has 2 aromatic rings. The molecule has 1 atom stereocenters. The van der Waals surface area contributed by atoms with Crippen LogP contribution in [0.15, 0.2) is 59.5 Å². The molecule has 0 radical (unpaired) electrons. The van der Waals surface area contributed by atoms with Crippen LogP contribution >= 0.6 is 11.8 Å². The highest BCUT2D eigenvalue weighted by atomic mass is 32.2. The molecule has 0 saturated carbocycles. The van der Waals surface area contributed by atoms with Crippen LogP contribution in [0.5, 0.6) is 0 Å². The summed E-state index contributed by atoms with van der Waals surface area (Å²) in [6.45, 7) is 0.588. The predicted octanol–water partition coefficient (Wildman–Crippen LogP) is 3.49. The Hall–Kier alpha value is -2.34. The second-order valence-electron chi connectivity index (χ2n) is 4.98. The van der Waals surface area contributed by atoms with Crippen molar-refractivity contribution in [2.75, 3.05) is 11.4 Å². The second-order valence-corrected chi connectivity index (χ2v) is 6.25. The first-order valence-electron chi connectivity index (χ1n) is 6.93. The molecular formula is C16H14N2O3S. The molecule has 112 valence electrons. The van der Waals surface area contributed by atoms with E-state index >= 15 is 0 Å². The number of rotatable bonds is 4. The fourth-order valence-corrected chi connectivity index (χ4v) is 3.55. The van der Waals surface area contributed by atoms with Crippen molar-refractivity contribution in [3.05, 3.63) is 64.7 Å². The number of non-ortho nitro benzene ring substituents is 1. The van der Waals surface area contributed by atoms with Gasteiger partial charge in [0.15, 0.2) is 0 Å². The summed E-state index contributed by atoms with van der Waals surface area (Å²) >= 11 is 1.54. The molecule has 0 N–H and O–H groups in total. The van der Waals surface area contributed by atoms with Gasteiger partial charge in [0.05, 0.1) is 15.9 Å². The van der Waals surface area contributed by atoms with E-state index in [1.54, 1.807) is 28.8 Å². The number of hydrogen-bond donors (Lipinski definition) is 0. The van der Waals surface area contributed by atoms with Crippen LogP contribution in [-0.4, -0.2) is 22.6 Å². The van der Waals surface area contributed by atoms with Crippen molar-refractivity contribution in [1.82, 2.24) is 0 Å². The molecule has 2 aromatic carbocycles. The van der Waals surface area contributed by atoms with E-state index < -0.39 is 4.92 Å². The minimum Gasteiger partial charge on any atom is -0.311 e. The van der Waals surface area contributed by atoms with Gasteiger partial charge in [0.1, 0.15) is 0 Å². The maximum Gasteiger partial charge on any atom is 0.271 e. The lowest BCUT2D eigenvalue weighted by molar-refractivity contribution is -0.384. The number of hydrogen-bond acceptors (Lipinski definition) is 4. The van der Waals surface area contributed by atoms with Gasteiger partial charge in [0.2, 0.25) is 5.91 Å². The van der Waals surface area contributed by atoms with Crippen LogP contribution in [0, 0.1) is 10.1 Å². The lowest BCUT2D eigenvalue weighted by Gasteiger charge is -2.16. The Kier molecular flexibility index (Phi) is 4.11. The van der Waals surface area contributed by atoms with Crippen molar-refractivity contribution in [2.45, 2.75) is 16.6 Å². The van der Waals surface area contributed by atoms with Crippen LogP contribution in [0.1, 0.15) is 6.42 Å². The van der Waals surface area contributed by atoms with Crippen molar-refractivity contribution < 1.29 is 9.72 Å². The Morgan fingerprint density at radius 2 is 1.91 bits per heavy atom. The standard InChI is InChI=1S/C16H14N2O3S/c19-16-15(22-14-7-2-1-3-8-14)9-10-17(16)12-5-4-6-13(11-12)18(20)21/h1-8,11,15H,9-10H2/t15-/m1/s1. The Morgan fingerprint density at radius 3 is 2.64 bits per heavy atom. The van der Waals surface area contributed by atoms with E-state index in [1.807, 2.05) is 30.3 Å². The van der Waals surface area contributed by atoms with Crippen molar-refractivity contribution in [3.8, 4) is 0 Å². The second kappa shape index (κ2) is 6.19. The normalized spacial score (nSPS) is 17.7. The maximum absolute atomic E-state index is 12.5. The summed E-state index contributed by atoms with van der Waals surface area (Å²) in [5.74, 6) is 0.00866. The Bertz CT molecular complexity index is 706. The summed E-state index contributed by atoms with van der Waals surface area (Å²) in [4.78, 5) is 25.6. The molecule has 1 fully saturated rings. The summed E-state index contributed by atoms with van der Waals surface area (Å²) in [5.41, 5.74) is 0.597. The Morgan fingerprint density at radius 1 is 1.14 bits per heavy atom. The molecule has 3 rings (SSSR count). The molecule has 1 amide bonds. The topological polar surface area (TPSA) is 63.5 Å². The largest absolute Gasteiger partial charge is 0.311 e. The zero-order valence-electron chi connectivity index (χ0n) is 11.7. The van der Waals surface area contributed by atoms with Crippen LogP contribution in [0.3, 0.4) is 0 Å². The molecule has 0 aliphatic carbocycles. The van der Waals surface area contributed by atoms with E-state index in [1.165, 1.54) is 12.1 Å². The molecule has 0 bridgehead atoms. The SMILES string of the molecule is O=C1[C@H](Sc2ccccc2)CCN1c1cccc([N+](=O)[O-])c1. The van der Waals surface area contributed by atoms with Gasteiger partial charge in [-0.05, 0) is 24.6 Å². The number of nitrogens with zero attached hydrogens (tertiary/aromatic N) is 2. The summed E-state index contributed by atoms with van der Waals surface area (Å²) in [6.07, 6.45) is 0.737. The van der Waals surface area contributed by atoms with Crippen molar-refractivity contribution in [3.63, 3.8) is 0 Å². The molecule has 0 aromatic heterocycles. The number of carbonyl (C=O) groups excluding carboxylic acids is 1. The smallest absolute Gasteiger partial charge is 0.271 e. The monoisotopic (exact) mass is 314 g/mol. The number of thioether (sulfide) groups is 1. The highest BCUT2D eigenvalue weighted by Gasteiger charge is 2.33. The highest BCUT2D eigenvalue weighted by molar-refractivity contribution is 8.00. The van der Waals surface area contributed by atoms with Gasteiger partial charge in [0, 0.05) is 23.6 Å². The van der Waals surface area contributed by atoms with Gasteiger partial charge in [-0.1, -0.05) is 24.3 Å². The average Bonchev–Trinajstić information content (AvgIpc) is 2.89. The number of benzene rings is 2. The zero-order valence-corrected chi connectivity index (χ0v) is 12.5. The number of anilines is 1. The molecule has 1 heterocycles. The average molecular weight is 314 g/mol. The number of carbonyl (C=O) groups is 1. The van der Waals surface area contributed by atoms with Gasteiger partial charge in [-0.3, -0.25) is 14.9 Å². The first-order chi connectivity index (χ1) is 10.6. The summed E-state index contributed by atoms with van der Waals surface area (Å²) in [5, 5.41) is 10.7. The number of amides is 1. The number of nitro groups is 1. The quantitative estimate of drug-likeness (QED) is 0.640. The van der Waals surface area contributed by atoms with E-state index in [4.69, 9.17) is 0 Å². The van der Waals surface area contributed by atoms with Crippen LogP contribution in [0.4, 0.5) is 11.4 Å². The van der Waals surface area contributed by atoms with Crippen LogP contribution in [-0.2, 0) is 4.79 Å². The third kappa shape index (κ3) is 2.96. The summed E-state index contributed by atoms with van der Waals surface area (Å²) in [6, 6.07) is 16.0. The van der Waals surface area contributed by atoms with E-state index in [2.05, 4.69) is 0 Å². The van der Waals surface area contributed by atoms with Crippen LogP contribution < -0.4 is 4.90 Å². The minimum atomic E-state index is -0.444. The molecule has 1 aliphatic rings. The molecule has 1 aliphatic heterocycles. The third-order valence-electron chi connectivity index (χ3n) is 3.53. The summed E-state index contributed by atoms with van der Waals surface area (Å²) in [7, 11) is 0. The first-order valence-corrected chi connectivity index (χ1v) is 7.80. The van der Waals surface area contributed by atoms with Gasteiger partial charge < -0.3 is 4.90 Å². The molecule has 5 nitrogen and oxygen atoms in total. The number of nitro benzene ring substituents is 1. The molecule has 1 saturated heterocycles. The van der Waals surface area contributed by atoms with Gasteiger partial charge in [-0.25, -0.2) is 0 Å². The molecular weight excluding hydrogens is 300 g/mol. The van der Waals surface area contributed by atoms with Gasteiger partial charge >= 0.3 is 0 Å². The van der Waals surface area contributed by atoms with Gasteiger partial charge in [0.25, 0.3) is 5.69 Å². The lowest BCUT2D eigenvalue weighted by Crippen LogP contribution is -2.27. The Balaban J connectivity index is 1.76. The molecule has 6 heteroatoms. The van der Waals surface area contributed by atoms with Crippen LogP contribution in [0.2, 0.25) is 0 Å². The van der Waals surface area contributed by atoms with E-state index in [0.717, 1.165) is 11.3 Å². The predicted molar refractivity (Wildman–Crippen MR) is 86.2 cm³/mol. The van der Waals surface area contributed by atoms with Crippen molar-refractivity contribution in [1.29, 1.82) is 0 Å². The zero-order chi connectivity index (χ0) is 15.5. The highest BCUT2D eigenvalue weighted by Crippen LogP contribution is 2.33. The van der Waals surface area contributed by atoms with Crippen molar-refractivity contribution in [2.24, 2.45) is 0 Å². The minimum absolute atomic E-state index is 0.00413. The van der Waals surface area contributed by atoms with Crippen LogP contribution in [0.25, 0.3) is 0 Å². The van der Waals surface area contributed by atoms with E-state index in [0.29, 0.717) is 12.2 Å². The lowest BCUT2D eigenvalue weighted by atomic mass is 10.2. The fraction of sp³-hybridized carbons (Fsp3) is 0.188. The molecule has 0 unspecified atom stereocenters. The van der Waals surface area contributed by atoms with Gasteiger partial charge in [-0.15, -0.1) is 11.8 Å². The fourth-order valence-electron chi connectivity index (χ4n) is 2.46. The van der Waals surface area contributed by atoms with Gasteiger partial charge in [-0.2, -0.15) is 0 Å². The van der Waals surface area contributed by atoms with E-state index in [9.17, 15) is 14.9 Å². The molecule has 0 spiro atoms. The molecule has 22 heavy (non-hydrogen) atoms. The first kappa shape index (κ1) is 14.6. The summed E-state index contributed by atoms with van der Waals surface area (Å²) < 4.78 is 0.